The summed E-state index contributed by atoms with van der Waals surface area (Å²) >= 11 is 1.81. The molecule has 3 rings (SSSR count). The lowest BCUT2D eigenvalue weighted by Crippen LogP contribution is -2.25. The smallest absolute Gasteiger partial charge is 0.144 e. The lowest BCUT2D eigenvalue weighted by Gasteiger charge is -2.21. The van der Waals surface area contributed by atoms with E-state index in [1.54, 1.807) is 0 Å². The van der Waals surface area contributed by atoms with Gasteiger partial charge in [-0.3, -0.25) is 4.68 Å². The zero-order valence-electron chi connectivity index (χ0n) is 11.5. The van der Waals surface area contributed by atoms with Gasteiger partial charge in [0, 0.05) is 18.1 Å². The molecule has 0 aliphatic heterocycles. The van der Waals surface area contributed by atoms with Crippen molar-refractivity contribution in [2.45, 2.75) is 38.6 Å². The minimum atomic E-state index is 0.442. The van der Waals surface area contributed by atoms with E-state index in [9.17, 15) is 0 Å². The highest BCUT2D eigenvalue weighted by Crippen LogP contribution is 2.36. The predicted molar refractivity (Wildman–Crippen MR) is 78.3 cm³/mol. The normalized spacial score (nSPS) is 18.5. The van der Waals surface area contributed by atoms with E-state index in [-0.39, 0.29) is 0 Å². The summed E-state index contributed by atoms with van der Waals surface area (Å²) in [6.45, 7) is 3.28. The van der Waals surface area contributed by atoms with Crippen LogP contribution in [-0.4, -0.2) is 21.3 Å². The Hall–Kier alpha value is -1.20. The van der Waals surface area contributed by atoms with Gasteiger partial charge in [0.2, 0.25) is 0 Å². The number of nitrogens with one attached hydrogen (secondary N) is 1. The van der Waals surface area contributed by atoms with Crippen LogP contribution < -0.4 is 5.32 Å². The Morgan fingerprint density at radius 2 is 2.42 bits per heavy atom. The predicted octanol–water partition coefficient (Wildman–Crippen LogP) is 2.92. The molecule has 2 aromatic heterocycles. The van der Waals surface area contributed by atoms with Gasteiger partial charge in [-0.25, -0.2) is 4.98 Å². The van der Waals surface area contributed by atoms with E-state index in [0.29, 0.717) is 6.04 Å². The fourth-order valence-corrected chi connectivity index (χ4v) is 3.70. The van der Waals surface area contributed by atoms with Gasteiger partial charge < -0.3 is 5.32 Å². The number of thiazole rings is 1. The molecule has 1 aliphatic carbocycles. The van der Waals surface area contributed by atoms with Crippen molar-refractivity contribution in [3.8, 4) is 10.7 Å². The second kappa shape index (κ2) is 5.43. The quantitative estimate of drug-likeness (QED) is 0.933. The molecule has 5 heteroatoms. The van der Waals surface area contributed by atoms with Crippen LogP contribution in [0.5, 0.6) is 0 Å². The van der Waals surface area contributed by atoms with Crippen LogP contribution in [-0.2, 0) is 13.5 Å². The lowest BCUT2D eigenvalue weighted by atomic mass is 9.97. The van der Waals surface area contributed by atoms with Crippen LogP contribution >= 0.6 is 11.3 Å². The second-order valence-corrected chi connectivity index (χ2v) is 6.18. The molecule has 0 spiro atoms. The highest BCUT2D eigenvalue weighted by atomic mass is 32.1. The van der Waals surface area contributed by atoms with Gasteiger partial charge in [0.25, 0.3) is 0 Å². The molecule has 0 bridgehead atoms. The van der Waals surface area contributed by atoms with Crippen molar-refractivity contribution in [3.05, 3.63) is 22.8 Å². The van der Waals surface area contributed by atoms with Gasteiger partial charge >= 0.3 is 0 Å². The topological polar surface area (TPSA) is 42.7 Å². The summed E-state index contributed by atoms with van der Waals surface area (Å²) < 4.78 is 1.84. The minimum absolute atomic E-state index is 0.442. The van der Waals surface area contributed by atoms with Crippen molar-refractivity contribution in [2.24, 2.45) is 7.05 Å². The van der Waals surface area contributed by atoms with Gasteiger partial charge in [0.1, 0.15) is 10.7 Å². The highest BCUT2D eigenvalue weighted by molar-refractivity contribution is 7.15. The second-order valence-electron chi connectivity index (χ2n) is 5.10. The van der Waals surface area contributed by atoms with Crippen LogP contribution in [0.25, 0.3) is 10.7 Å². The number of aromatic nitrogens is 3. The average molecular weight is 276 g/mol. The van der Waals surface area contributed by atoms with Crippen molar-refractivity contribution in [2.75, 3.05) is 6.54 Å². The molecule has 0 fully saturated rings. The third kappa shape index (κ3) is 2.58. The van der Waals surface area contributed by atoms with E-state index in [0.717, 1.165) is 17.2 Å². The summed E-state index contributed by atoms with van der Waals surface area (Å²) in [7, 11) is 1.95. The first-order valence-electron chi connectivity index (χ1n) is 7.01. The van der Waals surface area contributed by atoms with Crippen LogP contribution in [0.2, 0.25) is 0 Å². The summed E-state index contributed by atoms with van der Waals surface area (Å²) in [4.78, 5) is 6.29. The third-order valence-corrected chi connectivity index (χ3v) is 4.68. The van der Waals surface area contributed by atoms with Crippen molar-refractivity contribution in [1.82, 2.24) is 20.1 Å². The van der Waals surface area contributed by atoms with Crippen LogP contribution in [0.3, 0.4) is 0 Å². The maximum absolute atomic E-state index is 4.85. The van der Waals surface area contributed by atoms with Crippen molar-refractivity contribution < 1.29 is 0 Å². The first-order valence-corrected chi connectivity index (χ1v) is 7.82. The Kier molecular flexibility index (Phi) is 3.66. The number of hydrogen-bond acceptors (Lipinski definition) is 4. The number of aryl methyl sites for hydroxylation is 2. The molecular formula is C14H20N4S. The van der Waals surface area contributed by atoms with Crippen molar-refractivity contribution in [1.29, 1.82) is 0 Å². The molecule has 19 heavy (non-hydrogen) atoms. The summed E-state index contributed by atoms with van der Waals surface area (Å²) in [6, 6.07) is 2.48. The molecule has 102 valence electrons. The molecule has 0 amide bonds. The molecule has 2 aromatic rings. The van der Waals surface area contributed by atoms with Gasteiger partial charge in [0.15, 0.2) is 0 Å². The molecule has 4 nitrogen and oxygen atoms in total. The number of rotatable bonds is 4. The summed E-state index contributed by atoms with van der Waals surface area (Å²) in [5, 5.41) is 9.14. The summed E-state index contributed by atoms with van der Waals surface area (Å²) in [6.07, 6.45) is 6.78. The number of fused-ring (bicyclic) bond motifs is 1. The van der Waals surface area contributed by atoms with Crippen LogP contribution in [0.1, 0.15) is 42.8 Å². The molecule has 0 aromatic carbocycles. The molecule has 1 N–H and O–H groups in total. The van der Waals surface area contributed by atoms with E-state index in [2.05, 4.69) is 17.3 Å². The number of hydrogen-bond donors (Lipinski definition) is 1. The molecule has 1 aliphatic rings. The highest BCUT2D eigenvalue weighted by Gasteiger charge is 2.24. The van der Waals surface area contributed by atoms with Gasteiger partial charge in [-0.2, -0.15) is 5.10 Å². The maximum Gasteiger partial charge on any atom is 0.144 e. The lowest BCUT2D eigenvalue weighted by molar-refractivity contribution is 0.454. The number of nitrogens with zero attached hydrogens (tertiary/aromatic N) is 3. The molecular weight excluding hydrogens is 256 g/mol. The minimum Gasteiger partial charge on any atom is -0.309 e. The van der Waals surface area contributed by atoms with Gasteiger partial charge in [-0.15, -0.1) is 11.3 Å². The van der Waals surface area contributed by atoms with E-state index < -0.39 is 0 Å². The Morgan fingerprint density at radius 1 is 1.53 bits per heavy atom. The van der Waals surface area contributed by atoms with Gasteiger partial charge in [-0.05, 0) is 38.3 Å². The molecule has 0 saturated carbocycles. The zero-order valence-corrected chi connectivity index (χ0v) is 12.3. The van der Waals surface area contributed by atoms with E-state index in [4.69, 9.17) is 4.98 Å². The third-order valence-electron chi connectivity index (χ3n) is 3.53. The first-order chi connectivity index (χ1) is 9.28. The van der Waals surface area contributed by atoms with Crippen LogP contribution in [0.4, 0.5) is 0 Å². The molecule has 1 unspecified atom stereocenters. The standard InChI is InChI=1S/C14H20N4S/c1-3-8-15-10-5-4-6-12-13(10)16-14(19-12)11-7-9-18(2)17-11/h7,9-10,15H,3-6,8H2,1-2H3. The largest absolute Gasteiger partial charge is 0.309 e. The molecule has 0 radical (unpaired) electrons. The Labute approximate surface area is 117 Å². The Bertz CT molecular complexity index is 558. The fraction of sp³-hybridized carbons (Fsp3) is 0.571. The van der Waals surface area contributed by atoms with Gasteiger partial charge in [0.05, 0.1) is 11.7 Å². The average Bonchev–Trinajstić information content (AvgIpc) is 3.02. The van der Waals surface area contributed by atoms with Gasteiger partial charge in [-0.1, -0.05) is 6.92 Å². The molecule has 2 heterocycles. The molecule has 0 saturated heterocycles. The first kappa shape index (κ1) is 12.8. The van der Waals surface area contributed by atoms with Crippen molar-refractivity contribution >= 4 is 11.3 Å². The molecule has 1 atom stereocenters. The van der Waals surface area contributed by atoms with E-state index in [1.807, 2.05) is 35.3 Å². The summed E-state index contributed by atoms with van der Waals surface area (Å²) in [5.41, 5.74) is 2.27. The van der Waals surface area contributed by atoms with Crippen LogP contribution in [0.15, 0.2) is 12.3 Å². The van der Waals surface area contributed by atoms with E-state index >= 15 is 0 Å². The SMILES string of the molecule is CCCNC1CCCc2sc(-c3ccn(C)n3)nc21. The van der Waals surface area contributed by atoms with Crippen LogP contribution in [0, 0.1) is 0 Å². The van der Waals surface area contributed by atoms with Crippen molar-refractivity contribution in [3.63, 3.8) is 0 Å². The monoisotopic (exact) mass is 276 g/mol. The Morgan fingerprint density at radius 3 is 3.16 bits per heavy atom. The fourth-order valence-electron chi connectivity index (χ4n) is 2.57. The zero-order chi connectivity index (χ0) is 13.2. The summed E-state index contributed by atoms with van der Waals surface area (Å²) in [5.74, 6) is 0. The maximum atomic E-state index is 4.85. The van der Waals surface area contributed by atoms with E-state index in [1.165, 1.54) is 36.3 Å². The Balaban J connectivity index is 1.88.